The Hall–Kier alpha value is -0.710. The number of carboxylic acids is 1. The lowest BCUT2D eigenvalue weighted by Crippen LogP contribution is -2.36. The average molecular weight is 219 g/mol. The zero-order chi connectivity index (χ0) is 11.1. The summed E-state index contributed by atoms with van der Waals surface area (Å²) in [5, 5.41) is 8.18. The molecule has 0 aliphatic rings. The van der Waals surface area contributed by atoms with Crippen molar-refractivity contribution in [3.63, 3.8) is 0 Å². The second-order valence-corrected chi connectivity index (χ2v) is 4.19. The lowest BCUT2D eigenvalue weighted by atomic mass is 10.4. The summed E-state index contributed by atoms with van der Waals surface area (Å²) >= 11 is 1.16. The van der Waals surface area contributed by atoms with Gasteiger partial charge < -0.3 is 10.0 Å². The highest BCUT2D eigenvalue weighted by Gasteiger charge is 2.19. The Morgan fingerprint density at radius 2 is 1.86 bits per heavy atom. The first kappa shape index (κ1) is 13.3. The lowest BCUT2D eigenvalue weighted by molar-refractivity contribution is -0.133. The van der Waals surface area contributed by atoms with Crippen LogP contribution < -0.4 is 0 Å². The highest BCUT2D eigenvalue weighted by Crippen LogP contribution is 2.12. The molecule has 1 unspecified atom stereocenters. The van der Waals surface area contributed by atoms with Gasteiger partial charge in [-0.2, -0.15) is 0 Å². The first-order valence-corrected chi connectivity index (χ1v) is 5.69. The first-order valence-electron chi connectivity index (χ1n) is 4.65. The molecule has 5 heteroatoms. The molecule has 82 valence electrons. The summed E-state index contributed by atoms with van der Waals surface area (Å²) < 4.78 is 0. The minimum absolute atomic E-state index is 0.0150. The number of rotatable bonds is 6. The Kier molecular flexibility index (Phi) is 6.36. The molecule has 0 aliphatic heterocycles. The number of aliphatic carboxylic acids is 1. The molecule has 1 amide bonds. The average Bonchev–Trinajstić information content (AvgIpc) is 2.15. The molecule has 0 fully saturated rings. The largest absolute Gasteiger partial charge is 0.481 e. The van der Waals surface area contributed by atoms with E-state index >= 15 is 0 Å². The maximum atomic E-state index is 11.6. The topological polar surface area (TPSA) is 57.6 Å². The second-order valence-electron chi connectivity index (χ2n) is 2.86. The molecule has 0 rings (SSSR count). The monoisotopic (exact) mass is 219 g/mol. The van der Waals surface area contributed by atoms with Crippen molar-refractivity contribution in [2.75, 3.05) is 18.8 Å². The highest BCUT2D eigenvalue weighted by atomic mass is 32.2. The standard InChI is InChI=1S/C9H17NO3S/c1-4-10(5-2)9(13)7(3)14-6-8(11)12/h7H,4-6H2,1-3H3,(H,11,12). The van der Waals surface area contributed by atoms with Gasteiger partial charge in [0.15, 0.2) is 0 Å². The zero-order valence-corrected chi connectivity index (χ0v) is 9.63. The van der Waals surface area contributed by atoms with Crippen LogP contribution in [0.2, 0.25) is 0 Å². The summed E-state index contributed by atoms with van der Waals surface area (Å²) in [4.78, 5) is 23.6. The smallest absolute Gasteiger partial charge is 0.313 e. The summed E-state index contributed by atoms with van der Waals surface area (Å²) in [7, 11) is 0. The summed E-state index contributed by atoms with van der Waals surface area (Å²) in [6.07, 6.45) is 0. The number of amides is 1. The van der Waals surface area contributed by atoms with Gasteiger partial charge >= 0.3 is 5.97 Å². The number of carbonyl (C=O) groups excluding carboxylic acids is 1. The number of hydrogen-bond acceptors (Lipinski definition) is 3. The predicted molar refractivity (Wildman–Crippen MR) is 57.5 cm³/mol. The number of carboxylic acid groups (broad SMARTS) is 1. The van der Waals surface area contributed by atoms with Crippen molar-refractivity contribution >= 4 is 23.6 Å². The second kappa shape index (κ2) is 6.70. The Morgan fingerprint density at radius 3 is 2.21 bits per heavy atom. The van der Waals surface area contributed by atoms with Gasteiger partial charge in [-0.3, -0.25) is 9.59 Å². The van der Waals surface area contributed by atoms with Crippen LogP contribution in [0.1, 0.15) is 20.8 Å². The third-order valence-electron chi connectivity index (χ3n) is 1.88. The Balaban J connectivity index is 4.03. The van der Waals surface area contributed by atoms with Crippen LogP contribution in [0.5, 0.6) is 0 Å². The summed E-state index contributed by atoms with van der Waals surface area (Å²) in [5.41, 5.74) is 0. The lowest BCUT2D eigenvalue weighted by Gasteiger charge is -2.22. The van der Waals surface area contributed by atoms with Crippen molar-refractivity contribution in [3.8, 4) is 0 Å². The van der Waals surface area contributed by atoms with E-state index in [0.717, 1.165) is 11.8 Å². The molecule has 0 saturated heterocycles. The van der Waals surface area contributed by atoms with Crippen LogP contribution in [0.3, 0.4) is 0 Å². The minimum atomic E-state index is -0.880. The fourth-order valence-corrected chi connectivity index (χ4v) is 1.74. The molecule has 0 radical (unpaired) electrons. The highest BCUT2D eigenvalue weighted by molar-refractivity contribution is 8.01. The van der Waals surface area contributed by atoms with Gasteiger partial charge in [0, 0.05) is 13.1 Å². The zero-order valence-electron chi connectivity index (χ0n) is 8.82. The van der Waals surface area contributed by atoms with E-state index in [1.54, 1.807) is 11.8 Å². The van der Waals surface area contributed by atoms with Gasteiger partial charge in [0.1, 0.15) is 0 Å². The Morgan fingerprint density at radius 1 is 1.36 bits per heavy atom. The van der Waals surface area contributed by atoms with Gasteiger partial charge in [-0.05, 0) is 20.8 Å². The molecule has 0 saturated carbocycles. The molecular weight excluding hydrogens is 202 g/mol. The van der Waals surface area contributed by atoms with E-state index in [2.05, 4.69) is 0 Å². The summed E-state index contributed by atoms with van der Waals surface area (Å²) in [6.45, 7) is 6.92. The third kappa shape index (κ3) is 4.50. The number of thioether (sulfide) groups is 1. The molecule has 0 aromatic heterocycles. The summed E-state index contributed by atoms with van der Waals surface area (Å²) in [5.74, 6) is -0.885. The van der Waals surface area contributed by atoms with E-state index in [4.69, 9.17) is 5.11 Å². The number of hydrogen-bond donors (Lipinski definition) is 1. The third-order valence-corrected chi connectivity index (χ3v) is 2.99. The molecule has 0 aromatic rings. The molecular formula is C9H17NO3S. The molecule has 0 aliphatic carbocycles. The van der Waals surface area contributed by atoms with Gasteiger partial charge in [0.25, 0.3) is 0 Å². The van der Waals surface area contributed by atoms with Gasteiger partial charge in [-0.1, -0.05) is 0 Å². The Bertz CT molecular complexity index is 204. The van der Waals surface area contributed by atoms with Crippen molar-refractivity contribution in [2.24, 2.45) is 0 Å². The van der Waals surface area contributed by atoms with Crippen LogP contribution in [0, 0.1) is 0 Å². The van der Waals surface area contributed by atoms with Crippen LogP contribution in [-0.2, 0) is 9.59 Å². The van der Waals surface area contributed by atoms with Gasteiger partial charge in [0.2, 0.25) is 5.91 Å². The van der Waals surface area contributed by atoms with E-state index in [9.17, 15) is 9.59 Å². The number of carbonyl (C=O) groups is 2. The molecule has 0 aromatic carbocycles. The van der Waals surface area contributed by atoms with Crippen molar-refractivity contribution < 1.29 is 14.7 Å². The van der Waals surface area contributed by atoms with Gasteiger partial charge in [0.05, 0.1) is 11.0 Å². The van der Waals surface area contributed by atoms with Crippen molar-refractivity contribution in [2.45, 2.75) is 26.0 Å². The van der Waals surface area contributed by atoms with Crippen LogP contribution in [0.15, 0.2) is 0 Å². The maximum Gasteiger partial charge on any atom is 0.313 e. The minimum Gasteiger partial charge on any atom is -0.481 e. The fraction of sp³-hybridized carbons (Fsp3) is 0.778. The molecule has 4 nitrogen and oxygen atoms in total. The molecule has 1 N–H and O–H groups in total. The van der Waals surface area contributed by atoms with Crippen molar-refractivity contribution in [1.82, 2.24) is 4.90 Å². The van der Waals surface area contributed by atoms with E-state index in [-0.39, 0.29) is 16.9 Å². The maximum absolute atomic E-state index is 11.6. The molecule has 0 heterocycles. The van der Waals surface area contributed by atoms with Crippen molar-refractivity contribution in [3.05, 3.63) is 0 Å². The van der Waals surface area contributed by atoms with Gasteiger partial charge in [-0.25, -0.2) is 0 Å². The normalized spacial score (nSPS) is 12.2. The van der Waals surface area contributed by atoms with Crippen LogP contribution in [0.25, 0.3) is 0 Å². The first-order chi connectivity index (χ1) is 6.52. The van der Waals surface area contributed by atoms with Crippen LogP contribution in [-0.4, -0.2) is 46.0 Å². The van der Waals surface area contributed by atoms with E-state index in [1.165, 1.54) is 0 Å². The molecule has 1 atom stereocenters. The van der Waals surface area contributed by atoms with Gasteiger partial charge in [-0.15, -0.1) is 11.8 Å². The van der Waals surface area contributed by atoms with Crippen molar-refractivity contribution in [1.29, 1.82) is 0 Å². The van der Waals surface area contributed by atoms with Crippen LogP contribution >= 0.6 is 11.8 Å². The molecule has 0 bridgehead atoms. The fourth-order valence-electron chi connectivity index (χ4n) is 1.06. The van der Waals surface area contributed by atoms with E-state index in [1.807, 2.05) is 13.8 Å². The number of nitrogens with zero attached hydrogens (tertiary/aromatic N) is 1. The molecule has 14 heavy (non-hydrogen) atoms. The SMILES string of the molecule is CCN(CC)C(=O)C(C)SCC(=O)O. The molecule has 0 spiro atoms. The predicted octanol–water partition coefficient (Wildman–Crippen LogP) is 1.06. The van der Waals surface area contributed by atoms with E-state index < -0.39 is 5.97 Å². The summed E-state index contributed by atoms with van der Waals surface area (Å²) in [6, 6.07) is 0. The Labute approximate surface area is 88.7 Å². The van der Waals surface area contributed by atoms with E-state index in [0.29, 0.717) is 13.1 Å². The quantitative estimate of drug-likeness (QED) is 0.725. The van der Waals surface area contributed by atoms with Crippen LogP contribution in [0.4, 0.5) is 0 Å².